The van der Waals surface area contributed by atoms with E-state index >= 15 is 0 Å². The van der Waals surface area contributed by atoms with Crippen LogP contribution in [0.3, 0.4) is 0 Å². The van der Waals surface area contributed by atoms with Crippen molar-refractivity contribution in [3.05, 3.63) is 58.1 Å². The number of rotatable bonds is 5. The van der Waals surface area contributed by atoms with Crippen molar-refractivity contribution >= 4 is 32.5 Å². The normalized spacial score (nSPS) is 12.0. The Morgan fingerprint density at radius 1 is 1.19 bits per heavy atom. The van der Waals surface area contributed by atoms with Crippen LogP contribution in [0.4, 0.5) is 0 Å². The molecule has 2 aromatic carbocycles. The molecule has 0 N–H and O–H groups in total. The van der Waals surface area contributed by atoms with Gasteiger partial charge in [0.15, 0.2) is 5.78 Å². The van der Waals surface area contributed by atoms with E-state index in [9.17, 15) is 9.00 Å². The van der Waals surface area contributed by atoms with Crippen molar-refractivity contribution in [2.45, 2.75) is 11.8 Å². The predicted octanol–water partition coefficient (Wildman–Crippen LogP) is 3.76. The first-order valence-corrected chi connectivity index (χ1v) is 8.44. The number of Topliss-reactive ketones (excluding diaryl/α,β-unsaturated/α-hetero) is 1. The van der Waals surface area contributed by atoms with Gasteiger partial charge in [0.25, 0.3) is 0 Å². The fraction of sp³-hybridized carbons (Fsp3) is 0.188. The molecule has 0 heterocycles. The minimum absolute atomic E-state index is 0.0260. The Hall–Kier alpha value is -1.46. The van der Waals surface area contributed by atoms with Gasteiger partial charge >= 0.3 is 0 Å². The molecule has 1 atom stereocenters. The summed E-state index contributed by atoms with van der Waals surface area (Å²) in [4.78, 5) is 12.9. The summed E-state index contributed by atoms with van der Waals surface area (Å²) in [5.74, 6) is 0.477. The van der Waals surface area contributed by atoms with Crippen LogP contribution in [0.25, 0.3) is 0 Å². The summed E-state index contributed by atoms with van der Waals surface area (Å²) < 4.78 is 18.0. The van der Waals surface area contributed by atoms with Crippen LogP contribution in [-0.2, 0) is 10.8 Å². The van der Waals surface area contributed by atoms with Crippen LogP contribution in [0, 0.1) is 6.92 Å². The van der Waals surface area contributed by atoms with Gasteiger partial charge in [0.2, 0.25) is 0 Å². The predicted molar refractivity (Wildman–Crippen MR) is 87.5 cm³/mol. The average molecular weight is 367 g/mol. The van der Waals surface area contributed by atoms with Crippen LogP contribution in [-0.4, -0.2) is 22.9 Å². The van der Waals surface area contributed by atoms with Crippen molar-refractivity contribution in [2.24, 2.45) is 0 Å². The zero-order valence-electron chi connectivity index (χ0n) is 11.8. The second-order valence-electron chi connectivity index (χ2n) is 4.58. The number of hydrogen-bond acceptors (Lipinski definition) is 3. The Morgan fingerprint density at radius 2 is 1.86 bits per heavy atom. The Balaban J connectivity index is 2.12. The summed E-state index contributed by atoms with van der Waals surface area (Å²) in [6.07, 6.45) is 0. The van der Waals surface area contributed by atoms with Gasteiger partial charge in [0, 0.05) is 10.5 Å². The molecule has 2 aromatic rings. The lowest BCUT2D eigenvalue weighted by Gasteiger charge is -2.06. The number of carbonyl (C=O) groups excluding carboxylic acids is 1. The minimum atomic E-state index is -1.33. The summed E-state index contributed by atoms with van der Waals surface area (Å²) in [5, 5.41) is 0. The minimum Gasteiger partial charge on any atom is -0.496 e. The largest absolute Gasteiger partial charge is 0.496 e. The lowest BCUT2D eigenvalue weighted by Crippen LogP contribution is -2.11. The summed E-state index contributed by atoms with van der Waals surface area (Å²) in [6.45, 7) is 1.97. The fourth-order valence-electron chi connectivity index (χ4n) is 1.82. The molecule has 0 aliphatic carbocycles. The molecular weight excluding hydrogens is 352 g/mol. The fourth-order valence-corrected chi connectivity index (χ4v) is 3.37. The number of carbonyl (C=O) groups is 1. The maximum Gasteiger partial charge on any atom is 0.175 e. The molecular formula is C16H15BrO3S. The first kappa shape index (κ1) is 15.9. The zero-order chi connectivity index (χ0) is 15.4. The highest BCUT2D eigenvalue weighted by Gasteiger charge is 2.14. The first-order chi connectivity index (χ1) is 10.0. The van der Waals surface area contributed by atoms with Crippen LogP contribution in [0.1, 0.15) is 15.9 Å². The summed E-state index contributed by atoms with van der Waals surface area (Å²) in [7, 11) is 0.231. The molecule has 0 fully saturated rings. The van der Waals surface area contributed by atoms with Crippen molar-refractivity contribution in [3.63, 3.8) is 0 Å². The van der Waals surface area contributed by atoms with Gasteiger partial charge in [0.05, 0.1) is 28.1 Å². The SMILES string of the molecule is COc1ccc(C(=O)CS(=O)c2ccc(C)cc2)cc1Br. The van der Waals surface area contributed by atoms with E-state index < -0.39 is 10.8 Å². The highest BCUT2D eigenvalue weighted by molar-refractivity contribution is 9.10. The highest BCUT2D eigenvalue weighted by Crippen LogP contribution is 2.26. The molecule has 0 saturated heterocycles. The molecule has 0 bridgehead atoms. The van der Waals surface area contributed by atoms with Crippen molar-refractivity contribution in [2.75, 3.05) is 12.9 Å². The molecule has 0 spiro atoms. The molecule has 110 valence electrons. The molecule has 0 aliphatic rings. The van der Waals surface area contributed by atoms with Crippen molar-refractivity contribution in [1.29, 1.82) is 0 Å². The average Bonchev–Trinajstić information content (AvgIpc) is 2.47. The molecule has 1 unspecified atom stereocenters. The lowest BCUT2D eigenvalue weighted by atomic mass is 10.1. The maximum absolute atomic E-state index is 12.2. The third kappa shape index (κ3) is 4.02. The monoisotopic (exact) mass is 366 g/mol. The van der Waals surface area contributed by atoms with Crippen LogP contribution in [0.2, 0.25) is 0 Å². The Labute approximate surface area is 134 Å². The van der Waals surface area contributed by atoms with Gasteiger partial charge in [-0.15, -0.1) is 0 Å². The van der Waals surface area contributed by atoms with E-state index in [1.807, 2.05) is 19.1 Å². The number of halogens is 1. The standard InChI is InChI=1S/C16H15BrO3S/c1-11-3-6-13(7-4-11)21(19)10-15(18)12-5-8-16(20-2)14(17)9-12/h3-9H,10H2,1-2H3. The van der Waals surface area contributed by atoms with Crippen LogP contribution < -0.4 is 4.74 Å². The molecule has 3 nitrogen and oxygen atoms in total. The number of ether oxygens (including phenoxy) is 1. The number of hydrogen-bond donors (Lipinski definition) is 0. The van der Waals surface area contributed by atoms with E-state index in [0.717, 1.165) is 5.56 Å². The Morgan fingerprint density at radius 3 is 2.43 bits per heavy atom. The Bertz CT molecular complexity index is 680. The molecule has 0 radical (unpaired) electrons. The van der Waals surface area contributed by atoms with Gasteiger partial charge in [-0.2, -0.15) is 0 Å². The van der Waals surface area contributed by atoms with Gasteiger partial charge in [0.1, 0.15) is 5.75 Å². The van der Waals surface area contributed by atoms with E-state index in [4.69, 9.17) is 4.74 Å². The number of aryl methyl sites for hydroxylation is 1. The number of ketones is 1. The van der Waals surface area contributed by atoms with Crippen molar-refractivity contribution in [1.82, 2.24) is 0 Å². The molecule has 21 heavy (non-hydrogen) atoms. The first-order valence-electron chi connectivity index (χ1n) is 6.33. The quantitative estimate of drug-likeness (QED) is 0.756. The van der Waals surface area contributed by atoms with E-state index in [0.29, 0.717) is 20.7 Å². The zero-order valence-corrected chi connectivity index (χ0v) is 14.2. The highest BCUT2D eigenvalue weighted by atomic mass is 79.9. The van der Waals surface area contributed by atoms with Crippen LogP contribution in [0.5, 0.6) is 5.75 Å². The van der Waals surface area contributed by atoms with Gasteiger partial charge in [-0.1, -0.05) is 17.7 Å². The lowest BCUT2D eigenvalue weighted by molar-refractivity contribution is 0.102. The molecule has 5 heteroatoms. The van der Waals surface area contributed by atoms with Gasteiger partial charge in [-0.3, -0.25) is 9.00 Å². The van der Waals surface area contributed by atoms with Crippen molar-refractivity contribution in [3.8, 4) is 5.75 Å². The van der Waals surface area contributed by atoms with E-state index in [1.54, 1.807) is 37.4 Å². The van der Waals surface area contributed by atoms with Gasteiger partial charge < -0.3 is 4.74 Å². The molecule has 0 aromatic heterocycles. The summed E-state index contributed by atoms with van der Waals surface area (Å²) >= 11 is 3.34. The second kappa shape index (κ2) is 7.00. The maximum atomic E-state index is 12.2. The van der Waals surface area contributed by atoms with E-state index in [-0.39, 0.29) is 11.5 Å². The topological polar surface area (TPSA) is 43.4 Å². The molecule has 2 rings (SSSR count). The van der Waals surface area contributed by atoms with E-state index in [1.165, 1.54) is 0 Å². The third-order valence-corrected chi connectivity index (χ3v) is 4.96. The molecule has 0 saturated carbocycles. The third-order valence-electron chi connectivity index (χ3n) is 3.02. The van der Waals surface area contributed by atoms with Crippen LogP contribution in [0.15, 0.2) is 51.8 Å². The number of benzene rings is 2. The van der Waals surface area contributed by atoms with E-state index in [2.05, 4.69) is 15.9 Å². The van der Waals surface area contributed by atoms with Crippen molar-refractivity contribution < 1.29 is 13.7 Å². The van der Waals surface area contributed by atoms with Gasteiger partial charge in [-0.05, 0) is 53.2 Å². The molecule has 0 amide bonds. The Kier molecular flexibility index (Phi) is 5.31. The smallest absolute Gasteiger partial charge is 0.175 e. The number of methoxy groups -OCH3 is 1. The second-order valence-corrected chi connectivity index (χ2v) is 6.88. The van der Waals surface area contributed by atoms with Gasteiger partial charge in [-0.25, -0.2) is 0 Å². The summed E-state index contributed by atoms with van der Waals surface area (Å²) in [5.41, 5.74) is 1.62. The van der Waals surface area contributed by atoms with Crippen LogP contribution >= 0.6 is 15.9 Å². The summed E-state index contributed by atoms with van der Waals surface area (Å²) in [6, 6.07) is 12.5. The molecule has 0 aliphatic heterocycles.